The van der Waals surface area contributed by atoms with Gasteiger partial charge in [-0.05, 0) is 18.4 Å². The lowest BCUT2D eigenvalue weighted by Gasteiger charge is -2.32. The number of nitrogens with one attached hydrogen (secondary N) is 1. The lowest BCUT2D eigenvalue weighted by atomic mass is 9.97. The van der Waals surface area contributed by atoms with Gasteiger partial charge < -0.3 is 15.0 Å². The Kier molecular flexibility index (Phi) is 4.38. The van der Waals surface area contributed by atoms with E-state index >= 15 is 0 Å². The Morgan fingerprint density at radius 3 is 3.00 bits per heavy atom. The van der Waals surface area contributed by atoms with Gasteiger partial charge in [-0.2, -0.15) is 0 Å². The maximum absolute atomic E-state index is 12.2. The maximum atomic E-state index is 12.2. The first kappa shape index (κ1) is 13.9. The molecular weight excluding hydrogens is 266 g/mol. The van der Waals surface area contributed by atoms with Gasteiger partial charge in [0.15, 0.2) is 0 Å². The molecule has 1 amide bonds. The molecule has 1 atom stereocenters. The minimum Gasteiger partial charge on any atom is -0.445 e. The molecule has 21 heavy (non-hydrogen) atoms. The lowest BCUT2D eigenvalue weighted by Crippen LogP contribution is -2.44. The number of carbonyl (C=O) groups is 1. The van der Waals surface area contributed by atoms with Crippen molar-refractivity contribution in [1.82, 2.24) is 10.2 Å². The van der Waals surface area contributed by atoms with Crippen molar-refractivity contribution in [2.45, 2.75) is 19.4 Å². The summed E-state index contributed by atoms with van der Waals surface area (Å²) in [6.07, 6.45) is 1.88. The first-order valence-electron chi connectivity index (χ1n) is 7.57. The Morgan fingerprint density at radius 1 is 1.38 bits per heavy atom. The van der Waals surface area contributed by atoms with Gasteiger partial charge in [-0.1, -0.05) is 30.3 Å². The monoisotopic (exact) mass is 287 g/mol. The number of aliphatic imine (C=N–C) groups is 1. The SMILES string of the molecule is O=C(OCc1ccccc1)N1CCCC(C2=NCCN2)C1. The number of nitrogens with zero attached hydrogens (tertiary/aromatic N) is 2. The summed E-state index contributed by atoms with van der Waals surface area (Å²) in [5.74, 6) is 1.40. The van der Waals surface area contributed by atoms with Gasteiger partial charge in [-0.25, -0.2) is 4.79 Å². The number of rotatable bonds is 3. The van der Waals surface area contributed by atoms with Crippen LogP contribution in [-0.4, -0.2) is 43.0 Å². The maximum Gasteiger partial charge on any atom is 0.410 e. The van der Waals surface area contributed by atoms with E-state index in [1.54, 1.807) is 4.90 Å². The van der Waals surface area contributed by atoms with Crippen LogP contribution in [-0.2, 0) is 11.3 Å². The van der Waals surface area contributed by atoms with Gasteiger partial charge in [0.2, 0.25) is 0 Å². The van der Waals surface area contributed by atoms with Gasteiger partial charge in [0, 0.05) is 25.6 Å². The Morgan fingerprint density at radius 2 is 2.24 bits per heavy atom. The average molecular weight is 287 g/mol. The molecule has 0 aromatic heterocycles. The van der Waals surface area contributed by atoms with Crippen molar-refractivity contribution >= 4 is 11.9 Å². The molecule has 1 aromatic carbocycles. The largest absolute Gasteiger partial charge is 0.445 e. The number of benzene rings is 1. The molecule has 0 saturated carbocycles. The fraction of sp³-hybridized carbons (Fsp3) is 0.500. The average Bonchev–Trinajstić information content (AvgIpc) is 3.08. The standard InChI is InChI=1S/C16H21N3O2/c20-16(21-12-13-5-2-1-3-6-13)19-10-4-7-14(11-19)15-17-8-9-18-15/h1-3,5-6,14H,4,7-12H2,(H,17,18). The molecule has 1 N–H and O–H groups in total. The summed E-state index contributed by atoms with van der Waals surface area (Å²) in [6.45, 7) is 3.59. The van der Waals surface area contributed by atoms with Crippen LogP contribution in [0.5, 0.6) is 0 Å². The molecular formula is C16H21N3O2. The molecule has 0 aliphatic carbocycles. The Balaban J connectivity index is 1.52. The summed E-state index contributed by atoms with van der Waals surface area (Å²) in [5.41, 5.74) is 1.02. The van der Waals surface area contributed by atoms with Crippen molar-refractivity contribution in [3.05, 3.63) is 35.9 Å². The molecule has 2 aliphatic heterocycles. The van der Waals surface area contributed by atoms with Crippen molar-refractivity contribution < 1.29 is 9.53 Å². The predicted molar refractivity (Wildman–Crippen MR) is 81.2 cm³/mol. The summed E-state index contributed by atoms with van der Waals surface area (Å²) < 4.78 is 5.41. The molecule has 0 spiro atoms. The van der Waals surface area contributed by atoms with Gasteiger partial charge in [-0.15, -0.1) is 0 Å². The van der Waals surface area contributed by atoms with Crippen molar-refractivity contribution in [3.63, 3.8) is 0 Å². The number of ether oxygens (including phenoxy) is 1. The highest BCUT2D eigenvalue weighted by Crippen LogP contribution is 2.19. The molecule has 1 fully saturated rings. The molecule has 5 heteroatoms. The van der Waals surface area contributed by atoms with Gasteiger partial charge >= 0.3 is 6.09 Å². The predicted octanol–water partition coefficient (Wildman–Crippen LogP) is 2.04. The van der Waals surface area contributed by atoms with Crippen LogP contribution >= 0.6 is 0 Å². The zero-order valence-corrected chi connectivity index (χ0v) is 12.1. The van der Waals surface area contributed by atoms with Gasteiger partial charge in [0.25, 0.3) is 0 Å². The fourth-order valence-electron chi connectivity index (χ4n) is 2.87. The number of amidine groups is 1. The van der Waals surface area contributed by atoms with Crippen LogP contribution in [0.2, 0.25) is 0 Å². The second-order valence-electron chi connectivity index (χ2n) is 5.52. The number of carbonyl (C=O) groups excluding carboxylic acids is 1. The topological polar surface area (TPSA) is 53.9 Å². The van der Waals surface area contributed by atoms with Gasteiger partial charge in [-0.3, -0.25) is 4.99 Å². The molecule has 1 unspecified atom stereocenters. The molecule has 0 radical (unpaired) electrons. The van der Waals surface area contributed by atoms with Crippen LogP contribution in [0.15, 0.2) is 35.3 Å². The molecule has 2 heterocycles. The fourth-order valence-corrected chi connectivity index (χ4v) is 2.87. The first-order chi connectivity index (χ1) is 10.3. The van der Waals surface area contributed by atoms with E-state index in [9.17, 15) is 4.79 Å². The second-order valence-corrected chi connectivity index (χ2v) is 5.52. The highest BCUT2D eigenvalue weighted by atomic mass is 16.6. The molecule has 0 bridgehead atoms. The van der Waals surface area contributed by atoms with Crippen molar-refractivity contribution in [3.8, 4) is 0 Å². The summed E-state index contributed by atoms with van der Waals surface area (Å²) in [5, 5.41) is 3.31. The third-order valence-corrected chi connectivity index (χ3v) is 3.97. The van der Waals surface area contributed by atoms with Crippen LogP contribution in [0.4, 0.5) is 4.79 Å². The van der Waals surface area contributed by atoms with Gasteiger partial charge in [0.05, 0.1) is 6.54 Å². The normalized spacial score (nSPS) is 21.6. The van der Waals surface area contributed by atoms with Crippen molar-refractivity contribution in [2.75, 3.05) is 26.2 Å². The first-order valence-corrected chi connectivity index (χ1v) is 7.57. The zero-order valence-electron chi connectivity index (χ0n) is 12.1. The molecule has 1 aromatic rings. The third-order valence-electron chi connectivity index (χ3n) is 3.97. The van der Waals surface area contributed by atoms with Crippen LogP contribution in [0.1, 0.15) is 18.4 Å². The lowest BCUT2D eigenvalue weighted by molar-refractivity contribution is 0.0849. The Bertz CT molecular complexity index is 516. The highest BCUT2D eigenvalue weighted by Gasteiger charge is 2.28. The van der Waals surface area contributed by atoms with E-state index in [-0.39, 0.29) is 6.09 Å². The van der Waals surface area contributed by atoms with Crippen LogP contribution in [0, 0.1) is 5.92 Å². The molecule has 3 rings (SSSR count). The number of hydrogen-bond donors (Lipinski definition) is 1. The van der Waals surface area contributed by atoms with Crippen LogP contribution < -0.4 is 5.32 Å². The minimum atomic E-state index is -0.220. The highest BCUT2D eigenvalue weighted by molar-refractivity contribution is 5.86. The Labute approximate surface area is 125 Å². The smallest absolute Gasteiger partial charge is 0.410 e. The van der Waals surface area contributed by atoms with E-state index in [0.717, 1.165) is 43.9 Å². The van der Waals surface area contributed by atoms with Crippen LogP contribution in [0.25, 0.3) is 0 Å². The minimum absolute atomic E-state index is 0.220. The summed E-state index contributed by atoms with van der Waals surface area (Å²) >= 11 is 0. The summed E-state index contributed by atoms with van der Waals surface area (Å²) in [7, 11) is 0. The summed E-state index contributed by atoms with van der Waals surface area (Å²) in [4.78, 5) is 18.5. The van der Waals surface area contributed by atoms with E-state index in [4.69, 9.17) is 4.74 Å². The number of amides is 1. The Hall–Kier alpha value is -2.04. The second kappa shape index (κ2) is 6.61. The molecule has 112 valence electrons. The van der Waals surface area contributed by atoms with E-state index in [2.05, 4.69) is 10.3 Å². The van der Waals surface area contributed by atoms with E-state index in [1.807, 2.05) is 30.3 Å². The number of likely N-dealkylation sites (tertiary alicyclic amines) is 1. The van der Waals surface area contributed by atoms with E-state index in [0.29, 0.717) is 19.1 Å². The molecule has 2 aliphatic rings. The van der Waals surface area contributed by atoms with Crippen molar-refractivity contribution in [1.29, 1.82) is 0 Å². The quantitative estimate of drug-likeness (QED) is 0.925. The number of piperidine rings is 1. The van der Waals surface area contributed by atoms with Gasteiger partial charge in [0.1, 0.15) is 12.4 Å². The number of hydrogen-bond acceptors (Lipinski definition) is 4. The van der Waals surface area contributed by atoms with E-state index in [1.165, 1.54) is 0 Å². The van der Waals surface area contributed by atoms with E-state index < -0.39 is 0 Å². The van der Waals surface area contributed by atoms with Crippen LogP contribution in [0.3, 0.4) is 0 Å². The zero-order chi connectivity index (χ0) is 14.5. The third kappa shape index (κ3) is 3.54. The van der Waals surface area contributed by atoms with Crippen molar-refractivity contribution in [2.24, 2.45) is 10.9 Å². The summed E-state index contributed by atoms with van der Waals surface area (Å²) in [6, 6.07) is 9.77. The molecule has 1 saturated heterocycles. The molecule has 5 nitrogen and oxygen atoms in total.